The molecule has 1 saturated carbocycles. The highest BCUT2D eigenvalue weighted by molar-refractivity contribution is 5.78. The SMILES string of the molecule is O=c1[nH]c2ccccc2cc1CNC[C@H]1CCN(C2CC2)C1. The predicted octanol–water partition coefficient (Wildman–Crippen LogP) is 2.10. The van der Waals surface area contributed by atoms with Crippen LogP contribution in [0.15, 0.2) is 35.1 Å². The fourth-order valence-electron chi connectivity index (χ4n) is 3.54. The summed E-state index contributed by atoms with van der Waals surface area (Å²) in [6.07, 6.45) is 4.08. The smallest absolute Gasteiger partial charge is 0.252 e. The van der Waals surface area contributed by atoms with E-state index in [1.165, 1.54) is 32.4 Å². The minimum Gasteiger partial charge on any atom is -0.322 e. The van der Waals surface area contributed by atoms with Gasteiger partial charge in [0.2, 0.25) is 0 Å². The molecule has 1 saturated heterocycles. The van der Waals surface area contributed by atoms with Crippen LogP contribution in [0.25, 0.3) is 10.9 Å². The van der Waals surface area contributed by atoms with Crippen LogP contribution in [0.3, 0.4) is 0 Å². The number of nitrogens with zero attached hydrogens (tertiary/aromatic N) is 1. The third-order valence-electron chi connectivity index (χ3n) is 4.96. The molecule has 2 heterocycles. The molecule has 1 aromatic carbocycles. The highest BCUT2D eigenvalue weighted by Crippen LogP contribution is 2.31. The van der Waals surface area contributed by atoms with Crippen molar-refractivity contribution in [2.24, 2.45) is 5.92 Å². The van der Waals surface area contributed by atoms with Gasteiger partial charge in [-0.3, -0.25) is 4.79 Å². The van der Waals surface area contributed by atoms with E-state index in [1.807, 2.05) is 30.3 Å². The van der Waals surface area contributed by atoms with Gasteiger partial charge in [-0.05, 0) is 55.8 Å². The molecule has 0 bridgehead atoms. The molecular formula is C18H23N3O. The van der Waals surface area contributed by atoms with Crippen LogP contribution in [0, 0.1) is 5.92 Å². The molecule has 116 valence electrons. The van der Waals surface area contributed by atoms with E-state index in [4.69, 9.17) is 0 Å². The molecule has 1 atom stereocenters. The Morgan fingerprint density at radius 1 is 1.23 bits per heavy atom. The Bertz CT molecular complexity index is 720. The highest BCUT2D eigenvalue weighted by Gasteiger charge is 2.33. The topological polar surface area (TPSA) is 48.1 Å². The quantitative estimate of drug-likeness (QED) is 0.888. The maximum Gasteiger partial charge on any atom is 0.252 e. The van der Waals surface area contributed by atoms with Crippen molar-refractivity contribution in [2.45, 2.75) is 31.8 Å². The van der Waals surface area contributed by atoms with Crippen LogP contribution in [-0.2, 0) is 6.54 Å². The molecule has 4 heteroatoms. The molecule has 22 heavy (non-hydrogen) atoms. The van der Waals surface area contributed by atoms with Crippen molar-refractivity contribution in [3.05, 3.63) is 46.2 Å². The number of hydrogen-bond donors (Lipinski definition) is 2. The van der Waals surface area contributed by atoms with Crippen molar-refractivity contribution in [3.8, 4) is 0 Å². The second-order valence-electron chi connectivity index (χ2n) is 6.72. The number of aromatic nitrogens is 1. The summed E-state index contributed by atoms with van der Waals surface area (Å²) in [6.45, 7) is 4.15. The van der Waals surface area contributed by atoms with E-state index < -0.39 is 0 Å². The van der Waals surface area contributed by atoms with Gasteiger partial charge in [0.05, 0.1) is 0 Å². The van der Waals surface area contributed by atoms with E-state index in [2.05, 4.69) is 15.2 Å². The van der Waals surface area contributed by atoms with E-state index >= 15 is 0 Å². The lowest BCUT2D eigenvalue weighted by Gasteiger charge is -2.15. The van der Waals surface area contributed by atoms with Gasteiger partial charge in [-0.1, -0.05) is 18.2 Å². The van der Waals surface area contributed by atoms with E-state index in [-0.39, 0.29) is 5.56 Å². The van der Waals surface area contributed by atoms with Crippen molar-refractivity contribution >= 4 is 10.9 Å². The van der Waals surface area contributed by atoms with Gasteiger partial charge >= 0.3 is 0 Å². The van der Waals surface area contributed by atoms with Gasteiger partial charge in [0.1, 0.15) is 0 Å². The van der Waals surface area contributed by atoms with Crippen LogP contribution in [0.2, 0.25) is 0 Å². The molecule has 0 spiro atoms. The predicted molar refractivity (Wildman–Crippen MR) is 89.0 cm³/mol. The fourth-order valence-corrected chi connectivity index (χ4v) is 3.54. The lowest BCUT2D eigenvalue weighted by Crippen LogP contribution is -2.29. The third-order valence-corrected chi connectivity index (χ3v) is 4.96. The molecule has 1 aromatic heterocycles. The van der Waals surface area contributed by atoms with Gasteiger partial charge in [-0.2, -0.15) is 0 Å². The largest absolute Gasteiger partial charge is 0.322 e. The number of benzene rings is 1. The van der Waals surface area contributed by atoms with Crippen LogP contribution in [0.1, 0.15) is 24.8 Å². The number of rotatable bonds is 5. The molecule has 1 aliphatic carbocycles. The maximum atomic E-state index is 12.1. The number of fused-ring (bicyclic) bond motifs is 1. The Labute approximate surface area is 130 Å². The summed E-state index contributed by atoms with van der Waals surface area (Å²) in [5, 5.41) is 4.58. The van der Waals surface area contributed by atoms with Crippen LogP contribution < -0.4 is 10.9 Å². The zero-order valence-corrected chi connectivity index (χ0v) is 12.8. The average Bonchev–Trinajstić information content (AvgIpc) is 3.27. The van der Waals surface area contributed by atoms with Gasteiger partial charge in [0.15, 0.2) is 0 Å². The minimum absolute atomic E-state index is 0.0252. The van der Waals surface area contributed by atoms with Crippen molar-refractivity contribution in [1.29, 1.82) is 0 Å². The molecule has 0 radical (unpaired) electrons. The van der Waals surface area contributed by atoms with Crippen LogP contribution >= 0.6 is 0 Å². The molecule has 2 aromatic rings. The second-order valence-corrected chi connectivity index (χ2v) is 6.72. The number of nitrogens with one attached hydrogen (secondary N) is 2. The fraction of sp³-hybridized carbons (Fsp3) is 0.500. The lowest BCUT2D eigenvalue weighted by molar-refractivity contribution is 0.312. The number of pyridine rings is 1. The monoisotopic (exact) mass is 297 g/mol. The summed E-state index contributed by atoms with van der Waals surface area (Å²) >= 11 is 0. The summed E-state index contributed by atoms with van der Waals surface area (Å²) in [5.74, 6) is 0.736. The zero-order valence-electron chi connectivity index (χ0n) is 12.8. The van der Waals surface area contributed by atoms with E-state index in [0.29, 0.717) is 6.54 Å². The molecule has 4 rings (SSSR count). The second kappa shape index (κ2) is 5.86. The molecule has 4 nitrogen and oxygen atoms in total. The van der Waals surface area contributed by atoms with E-state index in [9.17, 15) is 4.79 Å². The number of likely N-dealkylation sites (tertiary alicyclic amines) is 1. The summed E-state index contributed by atoms with van der Waals surface area (Å²) < 4.78 is 0. The Morgan fingerprint density at radius 2 is 2.09 bits per heavy atom. The normalized spacial score (nSPS) is 22.5. The molecular weight excluding hydrogens is 274 g/mol. The zero-order chi connectivity index (χ0) is 14.9. The molecule has 2 N–H and O–H groups in total. The Balaban J connectivity index is 1.35. The Kier molecular flexibility index (Phi) is 3.72. The highest BCUT2D eigenvalue weighted by atomic mass is 16.1. The number of hydrogen-bond acceptors (Lipinski definition) is 3. The van der Waals surface area contributed by atoms with E-state index in [1.54, 1.807) is 0 Å². The van der Waals surface area contributed by atoms with Gasteiger partial charge in [0, 0.05) is 30.2 Å². The van der Waals surface area contributed by atoms with Crippen molar-refractivity contribution < 1.29 is 0 Å². The summed E-state index contributed by atoms with van der Waals surface area (Å²) in [5.41, 5.74) is 1.76. The van der Waals surface area contributed by atoms with Crippen LogP contribution in [0.4, 0.5) is 0 Å². The molecule has 2 aliphatic rings. The van der Waals surface area contributed by atoms with Crippen molar-refractivity contribution in [1.82, 2.24) is 15.2 Å². The van der Waals surface area contributed by atoms with Crippen LogP contribution in [0.5, 0.6) is 0 Å². The molecule has 2 fully saturated rings. The first-order chi connectivity index (χ1) is 10.8. The van der Waals surface area contributed by atoms with Crippen molar-refractivity contribution in [2.75, 3.05) is 19.6 Å². The third kappa shape index (κ3) is 2.94. The summed E-state index contributed by atoms with van der Waals surface area (Å²) in [7, 11) is 0. The Hall–Kier alpha value is -1.65. The first-order valence-corrected chi connectivity index (χ1v) is 8.35. The van der Waals surface area contributed by atoms with Crippen LogP contribution in [-0.4, -0.2) is 35.6 Å². The number of para-hydroxylation sites is 1. The molecule has 1 aliphatic heterocycles. The average molecular weight is 297 g/mol. The maximum absolute atomic E-state index is 12.1. The molecule has 0 amide bonds. The molecule has 0 unspecified atom stereocenters. The number of aromatic amines is 1. The first-order valence-electron chi connectivity index (χ1n) is 8.35. The Morgan fingerprint density at radius 3 is 2.95 bits per heavy atom. The van der Waals surface area contributed by atoms with Gasteiger partial charge in [-0.15, -0.1) is 0 Å². The van der Waals surface area contributed by atoms with Crippen molar-refractivity contribution in [3.63, 3.8) is 0 Å². The summed E-state index contributed by atoms with van der Waals surface area (Å²) in [6, 6.07) is 10.8. The summed E-state index contributed by atoms with van der Waals surface area (Å²) in [4.78, 5) is 17.7. The van der Waals surface area contributed by atoms with E-state index in [0.717, 1.165) is 35.0 Å². The standard InChI is InChI=1S/C18H23N3O/c22-18-15(9-14-3-1-2-4-17(14)20-18)11-19-10-13-7-8-21(12-13)16-5-6-16/h1-4,9,13,16,19H,5-8,10-12H2,(H,20,22)/t13-/m1/s1. The number of H-pyrrole nitrogens is 1. The van der Waals surface area contributed by atoms with Gasteiger partial charge in [0.25, 0.3) is 5.56 Å². The lowest BCUT2D eigenvalue weighted by atomic mass is 10.1. The minimum atomic E-state index is 0.0252. The first kappa shape index (κ1) is 14.0. The van der Waals surface area contributed by atoms with Gasteiger partial charge < -0.3 is 15.2 Å². The van der Waals surface area contributed by atoms with Gasteiger partial charge in [-0.25, -0.2) is 0 Å².